The number of fused-ring (bicyclic) bond motifs is 1. The van der Waals surface area contributed by atoms with E-state index in [4.69, 9.17) is 4.99 Å². The molecule has 2 amide bonds. The molecule has 1 aromatic rings. The standard InChI is InChI=1S/C22H33N5O2.HI/c1-2-23-22(24-12-8-14-27-13-7-3-4-11-21(27)29)25-16-17-15-20(28)26-19-10-6-5-9-18(17)19;/h5-6,9-10,17H,2-4,7-8,11-16H2,1H3,(H,26,28)(H2,23,24,25);1H. The molecule has 7 nitrogen and oxygen atoms in total. The van der Waals surface area contributed by atoms with Gasteiger partial charge in [-0.05, 0) is 37.8 Å². The normalized spacial score (nSPS) is 19.3. The van der Waals surface area contributed by atoms with E-state index in [-0.39, 0.29) is 41.7 Å². The molecule has 0 aromatic heterocycles. The Morgan fingerprint density at radius 1 is 1.20 bits per heavy atom. The van der Waals surface area contributed by atoms with E-state index in [0.717, 1.165) is 69.1 Å². The number of hydrogen-bond donors (Lipinski definition) is 3. The summed E-state index contributed by atoms with van der Waals surface area (Å²) in [4.78, 5) is 30.8. The Labute approximate surface area is 196 Å². The zero-order chi connectivity index (χ0) is 20.5. The number of anilines is 1. The quantitative estimate of drug-likeness (QED) is 0.220. The van der Waals surface area contributed by atoms with E-state index < -0.39 is 0 Å². The molecule has 0 aliphatic carbocycles. The molecule has 2 aliphatic rings. The molecule has 3 rings (SSSR count). The van der Waals surface area contributed by atoms with Crippen molar-refractivity contribution < 1.29 is 9.59 Å². The number of hydrogen-bond acceptors (Lipinski definition) is 3. The average molecular weight is 527 g/mol. The molecular formula is C22H34IN5O2. The van der Waals surface area contributed by atoms with Gasteiger partial charge in [-0.2, -0.15) is 0 Å². The molecule has 1 aromatic carbocycles. The highest BCUT2D eigenvalue weighted by atomic mass is 127. The van der Waals surface area contributed by atoms with Crippen LogP contribution >= 0.6 is 24.0 Å². The number of guanidine groups is 1. The Kier molecular flexibility index (Phi) is 10.4. The molecule has 0 saturated carbocycles. The van der Waals surface area contributed by atoms with Crippen molar-refractivity contribution in [2.75, 3.05) is 38.0 Å². The van der Waals surface area contributed by atoms with Crippen molar-refractivity contribution in [2.24, 2.45) is 4.99 Å². The number of nitrogens with one attached hydrogen (secondary N) is 3. The van der Waals surface area contributed by atoms with Crippen LogP contribution in [0.4, 0.5) is 5.69 Å². The van der Waals surface area contributed by atoms with E-state index >= 15 is 0 Å². The van der Waals surface area contributed by atoms with Gasteiger partial charge in [0.15, 0.2) is 5.96 Å². The van der Waals surface area contributed by atoms with Gasteiger partial charge in [0.05, 0.1) is 6.54 Å². The van der Waals surface area contributed by atoms with E-state index in [0.29, 0.717) is 19.4 Å². The number of benzene rings is 1. The fraction of sp³-hybridized carbons (Fsp3) is 0.591. The average Bonchev–Trinajstić information content (AvgIpc) is 2.93. The van der Waals surface area contributed by atoms with Gasteiger partial charge < -0.3 is 20.9 Å². The van der Waals surface area contributed by atoms with E-state index in [1.165, 1.54) is 0 Å². The number of para-hydroxylation sites is 1. The van der Waals surface area contributed by atoms with E-state index in [2.05, 4.69) is 22.0 Å². The Bertz CT molecular complexity index is 740. The third-order valence-corrected chi connectivity index (χ3v) is 5.49. The fourth-order valence-corrected chi connectivity index (χ4v) is 3.96. The Morgan fingerprint density at radius 3 is 2.87 bits per heavy atom. The number of aliphatic imine (C=N–C) groups is 1. The summed E-state index contributed by atoms with van der Waals surface area (Å²) in [7, 11) is 0. The van der Waals surface area contributed by atoms with Gasteiger partial charge in [0, 0.05) is 50.6 Å². The second kappa shape index (κ2) is 12.8. The Hall–Kier alpha value is -1.84. The first-order chi connectivity index (χ1) is 14.2. The van der Waals surface area contributed by atoms with Crippen molar-refractivity contribution in [3.8, 4) is 0 Å². The summed E-state index contributed by atoms with van der Waals surface area (Å²) in [6, 6.07) is 7.94. The predicted octanol–water partition coefficient (Wildman–Crippen LogP) is 3.08. The highest BCUT2D eigenvalue weighted by Crippen LogP contribution is 2.31. The lowest BCUT2D eigenvalue weighted by Gasteiger charge is -2.24. The minimum atomic E-state index is 0. The molecule has 1 fully saturated rings. The third-order valence-electron chi connectivity index (χ3n) is 5.49. The minimum absolute atomic E-state index is 0. The molecule has 166 valence electrons. The van der Waals surface area contributed by atoms with Crippen LogP contribution in [0.5, 0.6) is 0 Å². The lowest BCUT2D eigenvalue weighted by Crippen LogP contribution is -2.40. The van der Waals surface area contributed by atoms with Crippen LogP contribution in [0.25, 0.3) is 0 Å². The van der Waals surface area contributed by atoms with Crippen molar-refractivity contribution in [1.29, 1.82) is 0 Å². The maximum Gasteiger partial charge on any atom is 0.225 e. The van der Waals surface area contributed by atoms with Gasteiger partial charge in [0.1, 0.15) is 0 Å². The molecule has 3 N–H and O–H groups in total. The van der Waals surface area contributed by atoms with Crippen molar-refractivity contribution in [2.45, 2.75) is 51.4 Å². The second-order valence-corrected chi connectivity index (χ2v) is 7.73. The maximum absolute atomic E-state index is 12.1. The van der Waals surface area contributed by atoms with Crippen LogP contribution in [0.3, 0.4) is 0 Å². The topological polar surface area (TPSA) is 85.8 Å². The van der Waals surface area contributed by atoms with E-state index in [1.54, 1.807) is 0 Å². The van der Waals surface area contributed by atoms with Crippen molar-refractivity contribution in [3.05, 3.63) is 29.8 Å². The highest BCUT2D eigenvalue weighted by molar-refractivity contribution is 14.0. The van der Waals surface area contributed by atoms with Gasteiger partial charge in [-0.1, -0.05) is 24.6 Å². The van der Waals surface area contributed by atoms with Crippen LogP contribution in [0, 0.1) is 0 Å². The van der Waals surface area contributed by atoms with Gasteiger partial charge in [-0.3, -0.25) is 14.6 Å². The summed E-state index contributed by atoms with van der Waals surface area (Å²) in [5.74, 6) is 1.18. The summed E-state index contributed by atoms with van der Waals surface area (Å²) in [6.07, 6.45) is 5.32. The minimum Gasteiger partial charge on any atom is -0.357 e. The van der Waals surface area contributed by atoms with E-state index in [1.807, 2.05) is 30.0 Å². The molecule has 1 unspecified atom stereocenters. The van der Waals surface area contributed by atoms with E-state index in [9.17, 15) is 9.59 Å². The summed E-state index contributed by atoms with van der Waals surface area (Å²) >= 11 is 0. The molecule has 0 radical (unpaired) electrons. The number of nitrogens with zero attached hydrogens (tertiary/aromatic N) is 2. The summed E-state index contributed by atoms with van der Waals surface area (Å²) in [5, 5.41) is 9.57. The zero-order valence-electron chi connectivity index (χ0n) is 17.8. The molecule has 8 heteroatoms. The van der Waals surface area contributed by atoms with Gasteiger partial charge >= 0.3 is 0 Å². The SMILES string of the molecule is CCNC(=NCC1CC(=O)Nc2ccccc21)NCCCN1CCCCCC1=O.I. The lowest BCUT2D eigenvalue weighted by atomic mass is 9.91. The van der Waals surface area contributed by atoms with Crippen molar-refractivity contribution in [3.63, 3.8) is 0 Å². The Morgan fingerprint density at radius 2 is 2.03 bits per heavy atom. The molecular weight excluding hydrogens is 493 g/mol. The predicted molar refractivity (Wildman–Crippen MR) is 131 cm³/mol. The molecule has 2 aliphatic heterocycles. The van der Waals surface area contributed by atoms with Crippen LogP contribution in [0.15, 0.2) is 29.3 Å². The first-order valence-corrected chi connectivity index (χ1v) is 10.9. The number of rotatable bonds is 7. The summed E-state index contributed by atoms with van der Waals surface area (Å²) < 4.78 is 0. The zero-order valence-corrected chi connectivity index (χ0v) is 20.1. The van der Waals surface area contributed by atoms with Gasteiger partial charge in [-0.15, -0.1) is 24.0 Å². The van der Waals surface area contributed by atoms with Crippen LogP contribution in [0.2, 0.25) is 0 Å². The van der Waals surface area contributed by atoms with Crippen LogP contribution in [0.1, 0.15) is 56.9 Å². The Balaban J connectivity index is 0.00000320. The van der Waals surface area contributed by atoms with Crippen molar-refractivity contribution >= 4 is 47.4 Å². The molecule has 2 heterocycles. The van der Waals surface area contributed by atoms with Crippen LogP contribution in [-0.2, 0) is 9.59 Å². The van der Waals surface area contributed by atoms with Crippen LogP contribution in [-0.4, -0.2) is 55.4 Å². The fourth-order valence-electron chi connectivity index (χ4n) is 3.96. The second-order valence-electron chi connectivity index (χ2n) is 7.73. The van der Waals surface area contributed by atoms with Gasteiger partial charge in [-0.25, -0.2) is 0 Å². The van der Waals surface area contributed by atoms with Gasteiger partial charge in [0.25, 0.3) is 0 Å². The number of likely N-dealkylation sites (tertiary alicyclic amines) is 1. The molecule has 1 saturated heterocycles. The molecule has 0 spiro atoms. The lowest BCUT2D eigenvalue weighted by molar-refractivity contribution is -0.130. The molecule has 30 heavy (non-hydrogen) atoms. The van der Waals surface area contributed by atoms with Crippen LogP contribution < -0.4 is 16.0 Å². The summed E-state index contributed by atoms with van der Waals surface area (Å²) in [5.41, 5.74) is 2.04. The molecule has 0 bridgehead atoms. The first-order valence-electron chi connectivity index (χ1n) is 10.9. The summed E-state index contributed by atoms with van der Waals surface area (Å²) in [6.45, 7) is 5.81. The largest absolute Gasteiger partial charge is 0.357 e. The monoisotopic (exact) mass is 527 g/mol. The number of amides is 2. The smallest absolute Gasteiger partial charge is 0.225 e. The number of carbonyl (C=O) groups excluding carboxylic acids is 2. The first kappa shape index (κ1) is 24.4. The maximum atomic E-state index is 12.1. The van der Waals surface area contributed by atoms with Crippen molar-refractivity contribution in [1.82, 2.24) is 15.5 Å². The number of carbonyl (C=O) groups is 2. The highest BCUT2D eigenvalue weighted by Gasteiger charge is 2.24. The molecule has 1 atom stereocenters. The van der Waals surface area contributed by atoms with Gasteiger partial charge in [0.2, 0.25) is 11.8 Å². The number of halogens is 1. The third kappa shape index (κ3) is 7.14.